The van der Waals surface area contributed by atoms with Crippen LogP contribution < -0.4 is 10.5 Å². The van der Waals surface area contributed by atoms with Crippen LogP contribution in [0.3, 0.4) is 0 Å². The minimum Gasteiger partial charge on any atom is -0.385 e. The summed E-state index contributed by atoms with van der Waals surface area (Å²) in [5, 5.41) is 0.376. The Balaban J connectivity index is 2.72. The van der Waals surface area contributed by atoms with Gasteiger partial charge in [0.1, 0.15) is 0 Å². The molecule has 0 amide bonds. The lowest BCUT2D eigenvalue weighted by Crippen LogP contribution is -2.26. The first-order chi connectivity index (χ1) is 9.92. The molecule has 0 bridgehead atoms. The summed E-state index contributed by atoms with van der Waals surface area (Å²) in [4.78, 5) is 0.201. The molecule has 0 saturated heterocycles. The van der Waals surface area contributed by atoms with E-state index in [1.54, 1.807) is 20.1 Å². The number of benzene rings is 1. The van der Waals surface area contributed by atoms with Crippen LogP contribution in [0.25, 0.3) is 0 Å². The lowest BCUT2D eigenvalue weighted by molar-refractivity contribution is 0.192. The van der Waals surface area contributed by atoms with Gasteiger partial charge >= 0.3 is 0 Å². The van der Waals surface area contributed by atoms with Crippen LogP contribution in [0.1, 0.15) is 30.4 Å². The second-order valence-electron chi connectivity index (χ2n) is 4.84. The van der Waals surface area contributed by atoms with Gasteiger partial charge in [-0.2, -0.15) is 0 Å². The molecule has 0 aromatic heterocycles. The van der Waals surface area contributed by atoms with E-state index in [0.29, 0.717) is 23.7 Å². The van der Waals surface area contributed by atoms with Crippen molar-refractivity contribution in [2.45, 2.75) is 37.6 Å². The maximum atomic E-state index is 12.3. The van der Waals surface area contributed by atoms with Crippen molar-refractivity contribution >= 4 is 21.6 Å². The first-order valence-corrected chi connectivity index (χ1v) is 8.76. The number of rotatable bonds is 9. The molecule has 0 aliphatic heterocycles. The number of hydrogen-bond donors (Lipinski definition) is 2. The van der Waals surface area contributed by atoms with Gasteiger partial charge in [0.2, 0.25) is 10.0 Å². The monoisotopic (exact) mass is 334 g/mol. The van der Waals surface area contributed by atoms with Crippen molar-refractivity contribution in [3.05, 3.63) is 28.3 Å². The van der Waals surface area contributed by atoms with Crippen LogP contribution in [0.2, 0.25) is 5.02 Å². The average Bonchev–Trinajstić information content (AvgIpc) is 2.44. The van der Waals surface area contributed by atoms with Crippen LogP contribution in [-0.4, -0.2) is 28.7 Å². The highest BCUT2D eigenvalue weighted by Gasteiger charge is 2.18. The maximum Gasteiger partial charge on any atom is 0.240 e. The molecule has 0 atom stereocenters. The van der Waals surface area contributed by atoms with Gasteiger partial charge in [0, 0.05) is 31.8 Å². The molecular formula is C14H23ClN2O3S. The number of methoxy groups -OCH3 is 1. The van der Waals surface area contributed by atoms with Crippen LogP contribution in [0.15, 0.2) is 17.0 Å². The van der Waals surface area contributed by atoms with E-state index in [9.17, 15) is 8.42 Å². The van der Waals surface area contributed by atoms with Gasteiger partial charge in [-0.25, -0.2) is 13.1 Å². The Morgan fingerprint density at radius 3 is 2.62 bits per heavy atom. The first kappa shape index (κ1) is 18.4. The number of ether oxygens (including phenoxy) is 1. The highest BCUT2D eigenvalue weighted by Crippen LogP contribution is 2.24. The second kappa shape index (κ2) is 8.70. The van der Waals surface area contributed by atoms with Crippen LogP contribution in [-0.2, 0) is 21.3 Å². The van der Waals surface area contributed by atoms with Crippen LogP contribution in [0.5, 0.6) is 0 Å². The lowest BCUT2D eigenvalue weighted by Gasteiger charge is -2.13. The number of sulfonamides is 1. The molecule has 120 valence electrons. The van der Waals surface area contributed by atoms with Crippen molar-refractivity contribution in [3.8, 4) is 0 Å². The fourth-order valence-electron chi connectivity index (χ4n) is 2.03. The molecule has 0 unspecified atom stereocenters. The SMILES string of the molecule is COCCCCCNS(=O)(=O)c1cc(Cl)cc(CN)c1C. The highest BCUT2D eigenvalue weighted by atomic mass is 35.5. The van der Waals surface area contributed by atoms with Crippen LogP contribution >= 0.6 is 11.6 Å². The largest absolute Gasteiger partial charge is 0.385 e. The normalized spacial score (nSPS) is 11.8. The van der Waals surface area contributed by atoms with E-state index in [0.717, 1.165) is 24.8 Å². The molecule has 3 N–H and O–H groups in total. The zero-order valence-electron chi connectivity index (χ0n) is 12.5. The Bertz CT molecular complexity index is 562. The Morgan fingerprint density at radius 1 is 1.29 bits per heavy atom. The zero-order chi connectivity index (χ0) is 15.9. The highest BCUT2D eigenvalue weighted by molar-refractivity contribution is 7.89. The molecule has 0 aliphatic rings. The van der Waals surface area contributed by atoms with Crippen molar-refractivity contribution in [2.24, 2.45) is 5.73 Å². The molecule has 0 fully saturated rings. The molecule has 21 heavy (non-hydrogen) atoms. The van der Waals surface area contributed by atoms with E-state index in [4.69, 9.17) is 22.1 Å². The zero-order valence-corrected chi connectivity index (χ0v) is 14.1. The topological polar surface area (TPSA) is 81.4 Å². The van der Waals surface area contributed by atoms with Crippen LogP contribution in [0, 0.1) is 6.92 Å². The van der Waals surface area contributed by atoms with Gasteiger partial charge in [0.25, 0.3) is 0 Å². The van der Waals surface area contributed by atoms with E-state index >= 15 is 0 Å². The molecule has 7 heteroatoms. The molecule has 1 rings (SSSR count). The summed E-state index contributed by atoms with van der Waals surface area (Å²) >= 11 is 5.96. The predicted molar refractivity (Wildman–Crippen MR) is 85.0 cm³/mol. The van der Waals surface area contributed by atoms with E-state index in [1.807, 2.05) is 0 Å². The summed E-state index contributed by atoms with van der Waals surface area (Å²) in [7, 11) is -1.91. The van der Waals surface area contributed by atoms with Crippen molar-refractivity contribution in [2.75, 3.05) is 20.3 Å². The summed E-state index contributed by atoms with van der Waals surface area (Å²) in [6.45, 7) is 3.09. The average molecular weight is 335 g/mol. The van der Waals surface area contributed by atoms with E-state index in [-0.39, 0.29) is 11.4 Å². The summed E-state index contributed by atoms with van der Waals surface area (Å²) in [6.07, 6.45) is 2.61. The van der Waals surface area contributed by atoms with Gasteiger partial charge in [0.05, 0.1) is 4.90 Å². The summed E-state index contributed by atoms with van der Waals surface area (Å²) < 4.78 is 32.2. The first-order valence-electron chi connectivity index (χ1n) is 6.90. The smallest absolute Gasteiger partial charge is 0.240 e. The van der Waals surface area contributed by atoms with Crippen LogP contribution in [0.4, 0.5) is 0 Å². The maximum absolute atomic E-state index is 12.3. The van der Waals surface area contributed by atoms with Crippen molar-refractivity contribution in [1.29, 1.82) is 0 Å². The van der Waals surface area contributed by atoms with E-state index < -0.39 is 10.0 Å². The molecule has 0 saturated carbocycles. The third-order valence-electron chi connectivity index (χ3n) is 3.26. The summed E-state index contributed by atoms with van der Waals surface area (Å²) in [5.41, 5.74) is 7.00. The Labute approximate surface area is 131 Å². The van der Waals surface area contributed by atoms with Gasteiger partial charge in [-0.15, -0.1) is 0 Å². The Kier molecular flexibility index (Phi) is 7.62. The van der Waals surface area contributed by atoms with E-state index in [2.05, 4.69) is 4.72 Å². The molecule has 5 nitrogen and oxygen atoms in total. The minimum absolute atomic E-state index is 0.201. The van der Waals surface area contributed by atoms with Gasteiger partial charge in [0.15, 0.2) is 0 Å². The second-order valence-corrected chi connectivity index (χ2v) is 7.02. The molecular weight excluding hydrogens is 312 g/mol. The summed E-state index contributed by atoms with van der Waals surface area (Å²) in [6, 6.07) is 3.16. The number of hydrogen-bond acceptors (Lipinski definition) is 4. The molecule has 1 aromatic rings. The molecule has 0 aliphatic carbocycles. The van der Waals surface area contributed by atoms with Gasteiger partial charge < -0.3 is 10.5 Å². The Hall–Kier alpha value is -0.660. The van der Waals surface area contributed by atoms with Crippen molar-refractivity contribution in [3.63, 3.8) is 0 Å². The minimum atomic E-state index is -3.56. The Morgan fingerprint density at radius 2 is 2.00 bits per heavy atom. The number of nitrogens with two attached hydrogens (primary N) is 1. The van der Waals surface area contributed by atoms with E-state index in [1.165, 1.54) is 6.07 Å². The predicted octanol–water partition coefficient (Wildman–Crippen LogP) is 2.20. The standard InChI is InChI=1S/C14H23ClN2O3S/c1-11-12(10-16)8-13(15)9-14(11)21(18,19)17-6-4-3-5-7-20-2/h8-9,17H,3-7,10,16H2,1-2H3. The lowest BCUT2D eigenvalue weighted by atomic mass is 10.1. The van der Waals surface area contributed by atoms with Crippen molar-refractivity contribution < 1.29 is 13.2 Å². The van der Waals surface area contributed by atoms with Gasteiger partial charge in [-0.1, -0.05) is 11.6 Å². The molecule has 1 aromatic carbocycles. The number of nitrogens with one attached hydrogen (secondary N) is 1. The quantitative estimate of drug-likeness (QED) is 0.678. The van der Waals surface area contributed by atoms with Crippen molar-refractivity contribution in [1.82, 2.24) is 4.72 Å². The fraction of sp³-hybridized carbons (Fsp3) is 0.571. The fourth-order valence-corrected chi connectivity index (χ4v) is 3.72. The number of unbranched alkanes of at least 4 members (excludes halogenated alkanes) is 2. The molecule has 0 radical (unpaired) electrons. The molecule has 0 heterocycles. The third kappa shape index (κ3) is 5.56. The molecule has 0 spiro atoms. The van der Waals surface area contributed by atoms with Gasteiger partial charge in [-0.05, 0) is 49.4 Å². The third-order valence-corrected chi connectivity index (χ3v) is 5.06. The summed E-state index contributed by atoms with van der Waals surface area (Å²) in [5.74, 6) is 0. The van der Waals surface area contributed by atoms with Gasteiger partial charge in [-0.3, -0.25) is 0 Å². The number of halogens is 1.